The first-order valence-electron chi connectivity index (χ1n) is 14.5. The Balaban J connectivity index is 1.53. The van der Waals surface area contributed by atoms with E-state index in [1.165, 1.54) is 44.9 Å². The van der Waals surface area contributed by atoms with Gasteiger partial charge in [-0.1, -0.05) is 41.5 Å². The van der Waals surface area contributed by atoms with Crippen LogP contribution < -0.4 is 0 Å². The number of esters is 1. The quantitative estimate of drug-likeness (QED) is 0.404. The number of carbonyl (C=O) groups excluding carboxylic acids is 1. The lowest BCUT2D eigenvalue weighted by molar-refractivity contribution is -0.263. The van der Waals surface area contributed by atoms with Gasteiger partial charge >= 0.3 is 5.97 Å². The minimum Gasteiger partial charge on any atom is -0.469 e. The van der Waals surface area contributed by atoms with Gasteiger partial charge in [0.15, 0.2) is 0 Å². The summed E-state index contributed by atoms with van der Waals surface area (Å²) in [6, 6.07) is 0. The van der Waals surface area contributed by atoms with Crippen molar-refractivity contribution in [2.24, 2.45) is 56.2 Å². The fraction of sp³-hybridized carbons (Fsp3) is 0.968. The second-order valence-corrected chi connectivity index (χ2v) is 15.4. The van der Waals surface area contributed by atoms with Crippen molar-refractivity contribution >= 4 is 5.97 Å². The van der Waals surface area contributed by atoms with Crippen LogP contribution in [0.4, 0.5) is 0 Å². The van der Waals surface area contributed by atoms with E-state index in [0.29, 0.717) is 28.1 Å². The van der Waals surface area contributed by atoms with Gasteiger partial charge in [-0.2, -0.15) is 0 Å². The van der Waals surface area contributed by atoms with E-state index < -0.39 is 0 Å². The third-order valence-corrected chi connectivity index (χ3v) is 14.4. The summed E-state index contributed by atoms with van der Waals surface area (Å²) >= 11 is 0. The molecular weight excluding hydrogens is 420 g/mol. The monoisotopic (exact) mass is 472 g/mol. The van der Waals surface area contributed by atoms with E-state index in [2.05, 4.69) is 48.5 Å². The van der Waals surface area contributed by atoms with Crippen LogP contribution in [0.15, 0.2) is 0 Å². The van der Waals surface area contributed by atoms with Crippen LogP contribution >= 0.6 is 0 Å². The zero-order valence-electron chi connectivity index (χ0n) is 23.4. The first-order valence-corrected chi connectivity index (χ1v) is 14.5. The molecule has 5 aliphatic rings. The molecule has 0 aromatic rings. The van der Waals surface area contributed by atoms with Crippen molar-refractivity contribution in [2.45, 2.75) is 125 Å². The number of rotatable bonds is 1. The molecule has 0 unspecified atom stereocenters. The molecule has 0 saturated heterocycles. The van der Waals surface area contributed by atoms with Gasteiger partial charge in [0.05, 0.1) is 18.6 Å². The van der Waals surface area contributed by atoms with Crippen molar-refractivity contribution < 1.29 is 14.6 Å². The van der Waals surface area contributed by atoms with Gasteiger partial charge in [-0.3, -0.25) is 4.79 Å². The molecule has 0 aromatic heterocycles. The normalized spacial score (nSPS) is 59.1. The number of fused-ring (bicyclic) bond motifs is 7. The number of methoxy groups -OCH3 is 1. The van der Waals surface area contributed by atoms with Crippen molar-refractivity contribution in [3.63, 3.8) is 0 Å². The molecule has 0 radical (unpaired) electrons. The summed E-state index contributed by atoms with van der Waals surface area (Å²) in [6.45, 7) is 17.5. The van der Waals surface area contributed by atoms with Crippen LogP contribution in [-0.4, -0.2) is 24.3 Å². The van der Waals surface area contributed by atoms with Crippen LogP contribution in [0, 0.1) is 56.2 Å². The van der Waals surface area contributed by atoms with Crippen LogP contribution in [0.25, 0.3) is 0 Å². The third-order valence-electron chi connectivity index (χ3n) is 14.4. The van der Waals surface area contributed by atoms with Gasteiger partial charge in [0.2, 0.25) is 0 Å². The SMILES string of the molecule is COC(=O)[C@]1(C)CC[C@]2(C)CC[C@]3(C)[C@H]4CC[C@@]5(C)[C@@H](CC[C@@H](O)[C@@H]5C)[C@]4(C)CC[C@@]3(C)[C@@H]2C1. The van der Waals surface area contributed by atoms with Gasteiger partial charge in [-0.25, -0.2) is 0 Å². The molecule has 11 atom stereocenters. The highest BCUT2D eigenvalue weighted by Gasteiger charge is 2.71. The predicted molar refractivity (Wildman–Crippen MR) is 137 cm³/mol. The Morgan fingerprint density at radius 1 is 0.735 bits per heavy atom. The molecule has 0 heterocycles. The molecule has 34 heavy (non-hydrogen) atoms. The van der Waals surface area contributed by atoms with Gasteiger partial charge in [-0.05, 0) is 128 Å². The Hall–Kier alpha value is -0.570. The number of aliphatic hydroxyl groups excluding tert-OH is 1. The lowest BCUT2D eigenvalue weighted by Gasteiger charge is -2.75. The van der Waals surface area contributed by atoms with Crippen molar-refractivity contribution in [1.29, 1.82) is 0 Å². The molecule has 194 valence electrons. The largest absolute Gasteiger partial charge is 0.469 e. The van der Waals surface area contributed by atoms with E-state index in [4.69, 9.17) is 4.74 Å². The molecule has 5 aliphatic carbocycles. The van der Waals surface area contributed by atoms with E-state index in [1.54, 1.807) is 7.11 Å². The number of ether oxygens (including phenoxy) is 1. The molecule has 0 amide bonds. The van der Waals surface area contributed by atoms with E-state index in [0.717, 1.165) is 37.5 Å². The lowest BCUT2D eigenvalue weighted by Crippen LogP contribution is -2.68. The Morgan fingerprint density at radius 2 is 1.35 bits per heavy atom. The maximum absolute atomic E-state index is 12.9. The van der Waals surface area contributed by atoms with Crippen LogP contribution in [0.1, 0.15) is 119 Å². The number of aliphatic hydroxyl groups is 1. The van der Waals surface area contributed by atoms with Crippen LogP contribution in [-0.2, 0) is 9.53 Å². The summed E-state index contributed by atoms with van der Waals surface area (Å²) in [5.74, 6) is 2.46. The molecule has 3 nitrogen and oxygen atoms in total. The lowest BCUT2D eigenvalue weighted by atomic mass is 9.30. The van der Waals surface area contributed by atoms with E-state index >= 15 is 0 Å². The first-order chi connectivity index (χ1) is 15.7. The fourth-order valence-electron chi connectivity index (χ4n) is 11.6. The smallest absolute Gasteiger partial charge is 0.311 e. The van der Waals surface area contributed by atoms with Crippen LogP contribution in [0.5, 0.6) is 0 Å². The second kappa shape index (κ2) is 7.48. The molecule has 5 saturated carbocycles. The standard InChI is InChI=1S/C31H52O3/c1-20-21(32)9-10-22-28(20,4)12-11-23-29(22,5)16-18-31(7)24-19-27(3,25(33)34-8)14-13-26(24,2)15-17-30(23,31)6/h20-24,32H,9-19H2,1-8H3/t20-,21+,22+,23-,24+,26+,27+,28+,29-,30+,31-/m0/s1. The second-order valence-electron chi connectivity index (χ2n) is 15.4. The topological polar surface area (TPSA) is 46.5 Å². The van der Waals surface area contributed by atoms with Crippen LogP contribution in [0.3, 0.4) is 0 Å². The third kappa shape index (κ3) is 2.94. The minimum absolute atomic E-state index is 0.00857. The van der Waals surface area contributed by atoms with E-state index in [9.17, 15) is 9.90 Å². The summed E-state index contributed by atoms with van der Waals surface area (Å²) in [7, 11) is 1.57. The summed E-state index contributed by atoms with van der Waals surface area (Å²) in [5.41, 5.74) is 1.24. The maximum atomic E-state index is 12.9. The zero-order chi connectivity index (χ0) is 24.9. The van der Waals surface area contributed by atoms with Crippen molar-refractivity contribution in [2.75, 3.05) is 7.11 Å². The number of hydrogen-bond donors (Lipinski definition) is 1. The molecule has 0 bridgehead atoms. The average molecular weight is 473 g/mol. The van der Waals surface area contributed by atoms with Crippen LogP contribution in [0.2, 0.25) is 0 Å². The maximum Gasteiger partial charge on any atom is 0.311 e. The van der Waals surface area contributed by atoms with E-state index in [1.807, 2.05) is 0 Å². The molecule has 5 fully saturated rings. The number of hydrogen-bond acceptors (Lipinski definition) is 3. The Labute approximate surface area is 209 Å². The molecule has 0 aromatic carbocycles. The fourth-order valence-corrected chi connectivity index (χ4v) is 11.6. The Kier molecular flexibility index (Phi) is 5.52. The molecule has 0 spiro atoms. The minimum atomic E-state index is -0.332. The summed E-state index contributed by atoms with van der Waals surface area (Å²) in [6.07, 6.45) is 13.0. The summed E-state index contributed by atoms with van der Waals surface area (Å²) in [5, 5.41) is 10.8. The Bertz CT molecular complexity index is 854. The van der Waals surface area contributed by atoms with Crippen molar-refractivity contribution in [3.05, 3.63) is 0 Å². The molecule has 5 rings (SSSR count). The highest BCUT2D eigenvalue weighted by molar-refractivity contribution is 5.76. The predicted octanol–water partition coefficient (Wildman–Crippen LogP) is 7.40. The van der Waals surface area contributed by atoms with E-state index in [-0.39, 0.29) is 28.3 Å². The first kappa shape index (κ1) is 25.1. The molecular formula is C31H52O3. The summed E-state index contributed by atoms with van der Waals surface area (Å²) < 4.78 is 5.33. The molecule has 1 N–H and O–H groups in total. The zero-order valence-corrected chi connectivity index (χ0v) is 23.4. The average Bonchev–Trinajstić information content (AvgIpc) is 2.79. The number of carbonyl (C=O) groups is 1. The van der Waals surface area contributed by atoms with Gasteiger partial charge in [-0.15, -0.1) is 0 Å². The molecule has 3 heteroatoms. The van der Waals surface area contributed by atoms with Gasteiger partial charge < -0.3 is 9.84 Å². The van der Waals surface area contributed by atoms with Gasteiger partial charge in [0.25, 0.3) is 0 Å². The highest BCUT2D eigenvalue weighted by atomic mass is 16.5. The Morgan fingerprint density at radius 3 is 2.03 bits per heavy atom. The van der Waals surface area contributed by atoms with Crippen molar-refractivity contribution in [1.82, 2.24) is 0 Å². The van der Waals surface area contributed by atoms with Gasteiger partial charge in [0, 0.05) is 0 Å². The summed E-state index contributed by atoms with van der Waals surface area (Å²) in [4.78, 5) is 12.9. The van der Waals surface area contributed by atoms with Crippen molar-refractivity contribution in [3.8, 4) is 0 Å². The highest BCUT2D eigenvalue weighted by Crippen LogP contribution is 2.78. The molecule has 0 aliphatic heterocycles. The van der Waals surface area contributed by atoms with Gasteiger partial charge in [0.1, 0.15) is 0 Å².